The smallest absolute Gasteiger partial charge is 0.250 e. The van der Waals surface area contributed by atoms with Crippen molar-refractivity contribution in [1.82, 2.24) is 19.7 Å². The van der Waals surface area contributed by atoms with E-state index in [-0.39, 0.29) is 6.04 Å². The van der Waals surface area contributed by atoms with Gasteiger partial charge < -0.3 is 5.73 Å². The Hall–Kier alpha value is -1.02. The molecular formula is C11H14IN5. The van der Waals surface area contributed by atoms with Crippen molar-refractivity contribution in [3.63, 3.8) is 0 Å². The summed E-state index contributed by atoms with van der Waals surface area (Å²) in [5.41, 5.74) is 6.94. The Balaban J connectivity index is 2.13. The highest BCUT2D eigenvalue weighted by Crippen LogP contribution is 2.07. The van der Waals surface area contributed by atoms with Gasteiger partial charge in [0.15, 0.2) is 0 Å². The van der Waals surface area contributed by atoms with Crippen molar-refractivity contribution in [2.45, 2.75) is 25.8 Å². The van der Waals surface area contributed by atoms with E-state index < -0.39 is 0 Å². The van der Waals surface area contributed by atoms with Gasteiger partial charge in [-0.05, 0) is 41.0 Å². The van der Waals surface area contributed by atoms with Crippen LogP contribution in [-0.4, -0.2) is 25.8 Å². The summed E-state index contributed by atoms with van der Waals surface area (Å²) < 4.78 is 2.72. The van der Waals surface area contributed by atoms with Crippen LogP contribution >= 0.6 is 22.6 Å². The van der Waals surface area contributed by atoms with Crippen LogP contribution in [-0.2, 0) is 6.42 Å². The van der Waals surface area contributed by atoms with Gasteiger partial charge in [0.1, 0.15) is 0 Å². The van der Waals surface area contributed by atoms with Crippen LogP contribution in [0, 0.1) is 3.57 Å². The van der Waals surface area contributed by atoms with Crippen LogP contribution in [0.3, 0.4) is 0 Å². The minimum absolute atomic E-state index is 0.176. The Morgan fingerprint density at radius 3 is 2.59 bits per heavy atom. The number of halogens is 1. The third kappa shape index (κ3) is 3.22. The number of hydrogen-bond acceptors (Lipinski definition) is 4. The number of hydrogen-bond donors (Lipinski definition) is 1. The Bertz CT molecular complexity index is 479. The molecule has 17 heavy (non-hydrogen) atoms. The molecule has 90 valence electrons. The van der Waals surface area contributed by atoms with Gasteiger partial charge in [0.05, 0.1) is 9.77 Å². The maximum atomic E-state index is 5.88. The van der Waals surface area contributed by atoms with Crippen LogP contribution in [0.4, 0.5) is 0 Å². The topological polar surface area (TPSA) is 69.6 Å². The minimum Gasteiger partial charge on any atom is -0.327 e. The molecule has 0 fully saturated rings. The van der Waals surface area contributed by atoms with E-state index in [2.05, 4.69) is 44.6 Å². The van der Waals surface area contributed by atoms with Crippen LogP contribution in [0.15, 0.2) is 24.8 Å². The van der Waals surface area contributed by atoms with Crippen LogP contribution < -0.4 is 5.73 Å². The Morgan fingerprint density at radius 1 is 1.35 bits per heavy atom. The average Bonchev–Trinajstić information content (AvgIpc) is 2.77. The van der Waals surface area contributed by atoms with Crippen molar-refractivity contribution < 1.29 is 0 Å². The molecule has 2 N–H and O–H groups in total. The quantitative estimate of drug-likeness (QED) is 0.856. The first-order valence-corrected chi connectivity index (χ1v) is 6.54. The predicted octanol–water partition coefficient (Wildman–Crippen LogP) is 1.55. The van der Waals surface area contributed by atoms with Crippen molar-refractivity contribution in [3.05, 3.63) is 33.9 Å². The molecule has 1 atom stereocenters. The fourth-order valence-corrected chi connectivity index (χ4v) is 1.82. The van der Waals surface area contributed by atoms with Gasteiger partial charge in [0.25, 0.3) is 0 Å². The van der Waals surface area contributed by atoms with Crippen LogP contribution in [0.2, 0.25) is 0 Å². The van der Waals surface area contributed by atoms with E-state index in [9.17, 15) is 0 Å². The molecule has 0 saturated carbocycles. The summed E-state index contributed by atoms with van der Waals surface area (Å²) in [7, 11) is 0. The average molecular weight is 343 g/mol. The van der Waals surface area contributed by atoms with Crippen molar-refractivity contribution in [2.24, 2.45) is 5.73 Å². The van der Waals surface area contributed by atoms with Crippen LogP contribution in [0.25, 0.3) is 5.95 Å². The molecule has 0 radical (unpaired) electrons. The standard InChI is InChI=1S/C11H14IN5/c1-2-10(13)3-8-4-14-11(15-5-8)17-7-9(12)6-16-17/h4-7,10H,2-3,13H2,1H3. The van der Waals surface area contributed by atoms with Crippen LogP contribution in [0.5, 0.6) is 0 Å². The summed E-state index contributed by atoms with van der Waals surface area (Å²) >= 11 is 2.20. The van der Waals surface area contributed by atoms with Crippen molar-refractivity contribution >= 4 is 22.6 Å². The SMILES string of the molecule is CCC(N)Cc1cnc(-n2cc(I)cn2)nc1. The van der Waals surface area contributed by atoms with E-state index in [0.717, 1.165) is 22.0 Å². The lowest BCUT2D eigenvalue weighted by atomic mass is 10.1. The molecule has 2 heterocycles. The van der Waals surface area contributed by atoms with E-state index >= 15 is 0 Å². The van der Waals surface area contributed by atoms with E-state index in [1.807, 2.05) is 18.6 Å². The first-order valence-electron chi connectivity index (χ1n) is 5.46. The number of rotatable bonds is 4. The molecule has 0 aliphatic heterocycles. The van der Waals surface area contributed by atoms with Gasteiger partial charge in [-0.2, -0.15) is 5.10 Å². The van der Waals surface area contributed by atoms with E-state index in [4.69, 9.17) is 5.73 Å². The summed E-state index contributed by atoms with van der Waals surface area (Å²) in [6, 6.07) is 0.176. The number of nitrogens with two attached hydrogens (primary N) is 1. The largest absolute Gasteiger partial charge is 0.327 e. The second-order valence-electron chi connectivity index (χ2n) is 3.87. The Kier molecular flexibility index (Phi) is 4.06. The third-order valence-electron chi connectivity index (χ3n) is 2.47. The molecule has 0 aliphatic rings. The maximum absolute atomic E-state index is 5.88. The lowest BCUT2D eigenvalue weighted by Gasteiger charge is -2.07. The lowest BCUT2D eigenvalue weighted by Crippen LogP contribution is -2.21. The molecule has 0 saturated heterocycles. The van der Waals surface area contributed by atoms with Crippen molar-refractivity contribution in [1.29, 1.82) is 0 Å². The molecule has 6 heteroatoms. The summed E-state index contributed by atoms with van der Waals surface area (Å²) in [5, 5.41) is 4.15. The van der Waals surface area contributed by atoms with E-state index in [1.54, 1.807) is 10.9 Å². The van der Waals surface area contributed by atoms with Gasteiger partial charge in [-0.25, -0.2) is 14.6 Å². The lowest BCUT2D eigenvalue weighted by molar-refractivity contribution is 0.642. The molecule has 2 rings (SSSR count). The molecule has 2 aromatic rings. The first-order chi connectivity index (χ1) is 8.19. The normalized spacial score (nSPS) is 12.6. The van der Waals surface area contributed by atoms with Gasteiger partial charge in [-0.3, -0.25) is 0 Å². The summed E-state index contributed by atoms with van der Waals surface area (Å²) in [6.07, 6.45) is 9.05. The van der Waals surface area contributed by atoms with Gasteiger partial charge in [-0.15, -0.1) is 0 Å². The molecule has 0 spiro atoms. The van der Waals surface area contributed by atoms with Gasteiger partial charge >= 0.3 is 0 Å². The van der Waals surface area contributed by atoms with Crippen LogP contribution in [0.1, 0.15) is 18.9 Å². The van der Waals surface area contributed by atoms with Crippen molar-refractivity contribution in [2.75, 3.05) is 0 Å². The molecule has 5 nitrogen and oxygen atoms in total. The minimum atomic E-state index is 0.176. The fraction of sp³-hybridized carbons (Fsp3) is 0.364. The molecule has 0 aliphatic carbocycles. The second kappa shape index (κ2) is 5.54. The zero-order valence-electron chi connectivity index (χ0n) is 9.55. The zero-order valence-corrected chi connectivity index (χ0v) is 11.7. The Morgan fingerprint density at radius 2 is 2.06 bits per heavy atom. The molecular weight excluding hydrogens is 329 g/mol. The molecule has 1 unspecified atom stereocenters. The van der Waals surface area contributed by atoms with Gasteiger partial charge in [0, 0.05) is 24.6 Å². The summed E-state index contributed by atoms with van der Waals surface area (Å²) in [5.74, 6) is 0.585. The highest BCUT2D eigenvalue weighted by molar-refractivity contribution is 14.1. The van der Waals surface area contributed by atoms with Crippen molar-refractivity contribution in [3.8, 4) is 5.95 Å². The summed E-state index contributed by atoms with van der Waals surface area (Å²) in [4.78, 5) is 8.56. The molecule has 0 bridgehead atoms. The highest BCUT2D eigenvalue weighted by Gasteiger charge is 2.05. The maximum Gasteiger partial charge on any atom is 0.250 e. The van der Waals surface area contributed by atoms with Gasteiger partial charge in [0.2, 0.25) is 5.95 Å². The molecule has 0 amide bonds. The van der Waals surface area contributed by atoms with E-state index in [0.29, 0.717) is 5.95 Å². The number of aromatic nitrogens is 4. The number of nitrogens with zero attached hydrogens (tertiary/aromatic N) is 4. The summed E-state index contributed by atoms with van der Waals surface area (Å²) in [6.45, 7) is 2.07. The highest BCUT2D eigenvalue weighted by atomic mass is 127. The van der Waals surface area contributed by atoms with Gasteiger partial charge in [-0.1, -0.05) is 6.92 Å². The monoisotopic (exact) mass is 343 g/mol. The fourth-order valence-electron chi connectivity index (χ4n) is 1.43. The Labute approximate surface area is 114 Å². The predicted molar refractivity (Wildman–Crippen MR) is 73.8 cm³/mol. The molecule has 0 aromatic carbocycles. The van der Waals surface area contributed by atoms with E-state index in [1.165, 1.54) is 0 Å². The first kappa shape index (κ1) is 12.4. The second-order valence-corrected chi connectivity index (χ2v) is 5.11. The zero-order chi connectivity index (χ0) is 12.3. The molecule has 2 aromatic heterocycles. The third-order valence-corrected chi connectivity index (χ3v) is 3.03.